The zero-order valence-electron chi connectivity index (χ0n) is 13.2. The molecule has 0 radical (unpaired) electrons. The summed E-state index contributed by atoms with van der Waals surface area (Å²) < 4.78 is 5.01. The minimum absolute atomic E-state index is 0.136. The normalized spacial score (nSPS) is 14.3. The zero-order chi connectivity index (χ0) is 17.1. The van der Waals surface area contributed by atoms with Crippen LogP contribution in [0, 0.1) is 13.8 Å². The Bertz CT molecular complexity index is 664. The molecule has 2 heterocycles. The lowest BCUT2D eigenvalue weighted by Crippen LogP contribution is -2.37. The number of aryl methyl sites for hydroxylation is 1. The predicted octanol–water partition coefficient (Wildman–Crippen LogP) is 1.63. The number of esters is 1. The highest BCUT2D eigenvalue weighted by atomic mass is 32.1. The fourth-order valence-electron chi connectivity index (χ4n) is 2.27. The van der Waals surface area contributed by atoms with E-state index in [1.165, 1.54) is 11.3 Å². The van der Waals surface area contributed by atoms with Crippen LogP contribution in [-0.2, 0) is 19.1 Å². The standard InChI is InChI=1S/C15H18N2O5S/c1-4-22-15(21)13-8(2)9(3)23-14(13)16-10(18)7-17-11(19)5-6-12(17)20/h4-7H2,1-3H3,(H,16,18). The van der Waals surface area contributed by atoms with E-state index in [1.807, 2.05) is 6.92 Å². The minimum Gasteiger partial charge on any atom is -0.462 e. The first-order valence-corrected chi connectivity index (χ1v) is 8.07. The van der Waals surface area contributed by atoms with Crippen molar-refractivity contribution in [2.24, 2.45) is 0 Å². The van der Waals surface area contributed by atoms with Crippen LogP contribution in [0.25, 0.3) is 0 Å². The van der Waals surface area contributed by atoms with E-state index in [2.05, 4.69) is 5.32 Å². The van der Waals surface area contributed by atoms with Gasteiger partial charge in [-0.3, -0.25) is 19.3 Å². The summed E-state index contributed by atoms with van der Waals surface area (Å²) in [5.74, 6) is -1.72. The molecule has 0 saturated carbocycles. The summed E-state index contributed by atoms with van der Waals surface area (Å²) in [5.41, 5.74) is 1.07. The number of hydrogen-bond donors (Lipinski definition) is 1. The number of nitrogens with one attached hydrogen (secondary N) is 1. The highest BCUT2D eigenvalue weighted by Crippen LogP contribution is 2.33. The molecule has 1 fully saturated rings. The maximum absolute atomic E-state index is 12.1. The quantitative estimate of drug-likeness (QED) is 0.651. The smallest absolute Gasteiger partial charge is 0.341 e. The number of carbonyl (C=O) groups is 4. The Morgan fingerprint density at radius 2 is 1.83 bits per heavy atom. The van der Waals surface area contributed by atoms with Gasteiger partial charge in [-0.25, -0.2) is 4.79 Å². The van der Waals surface area contributed by atoms with Crippen molar-refractivity contribution in [3.63, 3.8) is 0 Å². The number of anilines is 1. The Kier molecular flexibility index (Phi) is 5.15. The second-order valence-corrected chi connectivity index (χ2v) is 6.35. The van der Waals surface area contributed by atoms with E-state index >= 15 is 0 Å². The van der Waals surface area contributed by atoms with Gasteiger partial charge in [-0.15, -0.1) is 11.3 Å². The van der Waals surface area contributed by atoms with Gasteiger partial charge in [0.15, 0.2) is 0 Å². The van der Waals surface area contributed by atoms with Gasteiger partial charge in [0.1, 0.15) is 11.5 Å². The molecule has 1 N–H and O–H groups in total. The van der Waals surface area contributed by atoms with Crippen molar-refractivity contribution in [3.05, 3.63) is 16.0 Å². The van der Waals surface area contributed by atoms with Crippen LogP contribution < -0.4 is 5.32 Å². The number of amides is 3. The molecule has 1 aromatic rings. The lowest BCUT2D eigenvalue weighted by molar-refractivity contribution is -0.141. The van der Waals surface area contributed by atoms with Gasteiger partial charge in [-0.05, 0) is 26.3 Å². The Labute approximate surface area is 137 Å². The van der Waals surface area contributed by atoms with E-state index in [4.69, 9.17) is 4.74 Å². The first-order chi connectivity index (χ1) is 10.8. The molecule has 7 nitrogen and oxygen atoms in total. The number of thiophene rings is 1. The van der Waals surface area contributed by atoms with Crippen molar-refractivity contribution in [2.45, 2.75) is 33.6 Å². The van der Waals surface area contributed by atoms with Crippen LogP contribution >= 0.6 is 11.3 Å². The molecule has 0 aliphatic carbocycles. The molecule has 0 unspecified atom stereocenters. The zero-order valence-corrected chi connectivity index (χ0v) is 14.0. The summed E-state index contributed by atoms with van der Waals surface area (Å²) >= 11 is 1.26. The summed E-state index contributed by atoms with van der Waals surface area (Å²) in [6.07, 6.45) is 0.273. The molecule has 1 aliphatic heterocycles. The fraction of sp³-hybridized carbons (Fsp3) is 0.467. The number of hydrogen-bond acceptors (Lipinski definition) is 6. The summed E-state index contributed by atoms with van der Waals surface area (Å²) in [6, 6.07) is 0. The molecular weight excluding hydrogens is 320 g/mol. The van der Waals surface area contributed by atoms with E-state index < -0.39 is 11.9 Å². The van der Waals surface area contributed by atoms with E-state index in [-0.39, 0.29) is 37.8 Å². The van der Waals surface area contributed by atoms with Crippen LogP contribution in [0.15, 0.2) is 0 Å². The molecule has 124 valence electrons. The average Bonchev–Trinajstić information content (AvgIpc) is 2.93. The van der Waals surface area contributed by atoms with E-state index in [9.17, 15) is 19.2 Å². The molecule has 23 heavy (non-hydrogen) atoms. The number of imide groups is 1. The predicted molar refractivity (Wildman–Crippen MR) is 84.3 cm³/mol. The molecule has 1 saturated heterocycles. The van der Waals surface area contributed by atoms with Gasteiger partial charge in [0, 0.05) is 17.7 Å². The second-order valence-electron chi connectivity index (χ2n) is 5.13. The Morgan fingerprint density at radius 3 is 2.39 bits per heavy atom. The van der Waals surface area contributed by atoms with Crippen molar-refractivity contribution in [1.29, 1.82) is 0 Å². The Hall–Kier alpha value is -2.22. The summed E-state index contributed by atoms with van der Waals surface area (Å²) in [7, 11) is 0. The summed E-state index contributed by atoms with van der Waals surface area (Å²) in [4.78, 5) is 49.1. The van der Waals surface area contributed by atoms with E-state index in [0.29, 0.717) is 10.6 Å². The maximum Gasteiger partial charge on any atom is 0.341 e. The summed E-state index contributed by atoms with van der Waals surface area (Å²) in [5, 5.41) is 2.99. The van der Waals surface area contributed by atoms with Crippen LogP contribution in [0.2, 0.25) is 0 Å². The molecule has 2 rings (SSSR count). The van der Waals surface area contributed by atoms with Crippen LogP contribution in [0.4, 0.5) is 5.00 Å². The van der Waals surface area contributed by atoms with E-state index in [1.54, 1.807) is 13.8 Å². The van der Waals surface area contributed by atoms with Crippen LogP contribution in [0.5, 0.6) is 0 Å². The van der Waals surface area contributed by atoms with Crippen molar-refractivity contribution < 1.29 is 23.9 Å². The third kappa shape index (κ3) is 3.58. The fourth-order valence-corrected chi connectivity index (χ4v) is 3.34. The van der Waals surface area contributed by atoms with Gasteiger partial charge in [0.25, 0.3) is 0 Å². The second kappa shape index (κ2) is 6.91. The number of rotatable bonds is 5. The molecule has 0 atom stereocenters. The topological polar surface area (TPSA) is 92.8 Å². The maximum atomic E-state index is 12.1. The van der Waals surface area contributed by atoms with Crippen LogP contribution in [0.3, 0.4) is 0 Å². The first kappa shape index (κ1) is 17.1. The number of ether oxygens (including phenoxy) is 1. The molecule has 8 heteroatoms. The lowest BCUT2D eigenvalue weighted by atomic mass is 10.1. The van der Waals surface area contributed by atoms with Gasteiger partial charge in [-0.2, -0.15) is 0 Å². The number of likely N-dealkylation sites (tertiary alicyclic amines) is 1. The Balaban J connectivity index is 2.15. The molecule has 0 aromatic carbocycles. The van der Waals surface area contributed by atoms with Crippen molar-refractivity contribution in [3.8, 4) is 0 Å². The van der Waals surface area contributed by atoms with Crippen molar-refractivity contribution in [2.75, 3.05) is 18.5 Å². The number of nitrogens with zero attached hydrogens (tertiary/aromatic N) is 1. The minimum atomic E-state index is -0.514. The van der Waals surface area contributed by atoms with Crippen LogP contribution in [0.1, 0.15) is 40.6 Å². The SMILES string of the molecule is CCOC(=O)c1c(NC(=O)CN2C(=O)CCC2=O)sc(C)c1C. The van der Waals surface area contributed by atoms with Gasteiger partial charge in [0.05, 0.1) is 12.2 Å². The lowest BCUT2D eigenvalue weighted by Gasteiger charge is -2.13. The average molecular weight is 338 g/mol. The van der Waals surface area contributed by atoms with Gasteiger partial charge < -0.3 is 10.1 Å². The molecular formula is C15H18N2O5S. The molecule has 1 aliphatic rings. The third-order valence-electron chi connectivity index (χ3n) is 3.57. The molecule has 0 bridgehead atoms. The van der Waals surface area contributed by atoms with Gasteiger partial charge in [0.2, 0.25) is 17.7 Å². The molecule has 1 aromatic heterocycles. The van der Waals surface area contributed by atoms with Gasteiger partial charge in [-0.1, -0.05) is 0 Å². The largest absolute Gasteiger partial charge is 0.462 e. The van der Waals surface area contributed by atoms with E-state index in [0.717, 1.165) is 15.3 Å². The van der Waals surface area contributed by atoms with Crippen molar-refractivity contribution in [1.82, 2.24) is 4.90 Å². The first-order valence-electron chi connectivity index (χ1n) is 7.25. The Morgan fingerprint density at radius 1 is 1.22 bits per heavy atom. The third-order valence-corrected chi connectivity index (χ3v) is 4.70. The molecule has 3 amide bonds. The highest BCUT2D eigenvalue weighted by molar-refractivity contribution is 7.16. The number of carbonyl (C=O) groups excluding carboxylic acids is 4. The van der Waals surface area contributed by atoms with Crippen molar-refractivity contribution >= 4 is 40.0 Å². The highest BCUT2D eigenvalue weighted by Gasteiger charge is 2.31. The monoisotopic (exact) mass is 338 g/mol. The molecule has 0 spiro atoms. The van der Waals surface area contributed by atoms with Gasteiger partial charge >= 0.3 is 5.97 Å². The summed E-state index contributed by atoms with van der Waals surface area (Å²) in [6.45, 7) is 5.22. The van der Waals surface area contributed by atoms with Crippen LogP contribution in [-0.4, -0.2) is 41.7 Å².